The van der Waals surface area contributed by atoms with Crippen molar-refractivity contribution in [3.05, 3.63) is 78.1 Å². The second-order valence-corrected chi connectivity index (χ2v) is 5.82. The fourth-order valence-electron chi connectivity index (χ4n) is 2.85. The van der Waals surface area contributed by atoms with Gasteiger partial charge < -0.3 is 19.4 Å². The monoisotopic (exact) mass is 334 g/mol. The molecule has 3 aromatic rings. The van der Waals surface area contributed by atoms with Crippen molar-refractivity contribution in [2.75, 3.05) is 18.5 Å². The van der Waals surface area contributed by atoms with Crippen LogP contribution in [0.3, 0.4) is 0 Å². The summed E-state index contributed by atoms with van der Waals surface area (Å²) in [7, 11) is 0. The van der Waals surface area contributed by atoms with Gasteiger partial charge in [0.25, 0.3) is 5.91 Å². The number of benzene rings is 2. The highest BCUT2D eigenvalue weighted by Crippen LogP contribution is 2.32. The Balaban J connectivity index is 1.51. The van der Waals surface area contributed by atoms with Gasteiger partial charge in [0.15, 0.2) is 11.5 Å². The minimum Gasteiger partial charge on any atom is -0.486 e. The molecule has 0 fully saturated rings. The van der Waals surface area contributed by atoms with E-state index in [0.29, 0.717) is 42.6 Å². The Labute approximate surface area is 145 Å². The Kier molecular flexibility index (Phi) is 4.12. The zero-order chi connectivity index (χ0) is 17.1. The summed E-state index contributed by atoms with van der Waals surface area (Å²) in [5, 5.41) is 2.93. The molecule has 1 aromatic heterocycles. The van der Waals surface area contributed by atoms with Crippen molar-refractivity contribution in [1.29, 1.82) is 0 Å². The zero-order valence-corrected chi connectivity index (χ0v) is 13.6. The molecule has 1 amide bonds. The van der Waals surface area contributed by atoms with Gasteiger partial charge in [0, 0.05) is 24.5 Å². The standard InChI is InChI=1S/C20H18N2O3/c23-20(21-16-8-9-18-19(13-16)25-12-11-24-18)17-7-4-10-22(17)14-15-5-2-1-3-6-15/h1-10,13H,11-12,14H2,(H,21,23). The van der Waals surface area contributed by atoms with Gasteiger partial charge >= 0.3 is 0 Å². The van der Waals surface area contributed by atoms with Gasteiger partial charge in [-0.3, -0.25) is 4.79 Å². The van der Waals surface area contributed by atoms with Crippen LogP contribution in [0.2, 0.25) is 0 Å². The smallest absolute Gasteiger partial charge is 0.272 e. The lowest BCUT2D eigenvalue weighted by atomic mass is 10.2. The van der Waals surface area contributed by atoms with Gasteiger partial charge in [0.2, 0.25) is 0 Å². The van der Waals surface area contributed by atoms with Crippen LogP contribution < -0.4 is 14.8 Å². The van der Waals surface area contributed by atoms with Gasteiger partial charge in [-0.1, -0.05) is 30.3 Å². The number of ether oxygens (including phenoxy) is 2. The summed E-state index contributed by atoms with van der Waals surface area (Å²) in [6, 6.07) is 19.2. The fraction of sp³-hybridized carbons (Fsp3) is 0.150. The van der Waals surface area contributed by atoms with E-state index in [1.54, 1.807) is 6.07 Å². The summed E-state index contributed by atoms with van der Waals surface area (Å²) < 4.78 is 13.0. The summed E-state index contributed by atoms with van der Waals surface area (Å²) in [6.07, 6.45) is 1.91. The molecular formula is C20H18N2O3. The summed E-state index contributed by atoms with van der Waals surface area (Å²) in [4.78, 5) is 12.7. The number of carbonyl (C=O) groups excluding carboxylic acids is 1. The first-order chi connectivity index (χ1) is 12.3. The molecule has 5 nitrogen and oxygen atoms in total. The molecule has 0 bridgehead atoms. The Bertz CT molecular complexity index is 887. The minimum atomic E-state index is -0.155. The third-order valence-electron chi connectivity index (χ3n) is 4.06. The molecule has 4 rings (SSSR count). The Morgan fingerprint density at radius 3 is 2.60 bits per heavy atom. The van der Waals surface area contributed by atoms with Crippen molar-refractivity contribution >= 4 is 11.6 Å². The maximum Gasteiger partial charge on any atom is 0.272 e. The van der Waals surface area contributed by atoms with Gasteiger partial charge in [0.05, 0.1) is 0 Å². The first-order valence-electron chi connectivity index (χ1n) is 8.20. The second-order valence-electron chi connectivity index (χ2n) is 5.82. The van der Waals surface area contributed by atoms with Crippen molar-refractivity contribution in [3.63, 3.8) is 0 Å². The number of hydrogen-bond donors (Lipinski definition) is 1. The van der Waals surface area contributed by atoms with Crippen LogP contribution >= 0.6 is 0 Å². The highest BCUT2D eigenvalue weighted by atomic mass is 16.6. The van der Waals surface area contributed by atoms with E-state index in [9.17, 15) is 4.79 Å². The molecule has 0 aliphatic carbocycles. The molecule has 0 unspecified atom stereocenters. The van der Waals surface area contributed by atoms with E-state index in [2.05, 4.69) is 5.32 Å². The average Bonchev–Trinajstić information content (AvgIpc) is 3.11. The van der Waals surface area contributed by atoms with Crippen LogP contribution in [0, 0.1) is 0 Å². The summed E-state index contributed by atoms with van der Waals surface area (Å²) >= 11 is 0. The third kappa shape index (κ3) is 3.35. The van der Waals surface area contributed by atoms with Crippen LogP contribution in [-0.4, -0.2) is 23.7 Å². The summed E-state index contributed by atoms with van der Waals surface area (Å²) in [6.45, 7) is 1.72. The SMILES string of the molecule is O=C(Nc1ccc2c(c1)OCCO2)c1cccn1Cc1ccccc1. The summed E-state index contributed by atoms with van der Waals surface area (Å²) in [5.41, 5.74) is 2.44. The van der Waals surface area contributed by atoms with Gasteiger partial charge in [-0.05, 0) is 29.8 Å². The fourth-order valence-corrected chi connectivity index (χ4v) is 2.85. The van der Waals surface area contributed by atoms with Crippen LogP contribution in [-0.2, 0) is 6.54 Å². The molecule has 1 aliphatic heterocycles. The zero-order valence-electron chi connectivity index (χ0n) is 13.6. The molecule has 2 aromatic carbocycles. The average molecular weight is 334 g/mol. The van der Waals surface area contributed by atoms with Crippen LogP contribution in [0.5, 0.6) is 11.5 Å². The number of aromatic nitrogens is 1. The lowest BCUT2D eigenvalue weighted by Crippen LogP contribution is -2.18. The van der Waals surface area contributed by atoms with Crippen molar-refractivity contribution in [2.45, 2.75) is 6.54 Å². The number of amides is 1. The van der Waals surface area contributed by atoms with Gasteiger partial charge in [0.1, 0.15) is 18.9 Å². The first-order valence-corrected chi connectivity index (χ1v) is 8.20. The van der Waals surface area contributed by atoms with E-state index >= 15 is 0 Å². The van der Waals surface area contributed by atoms with Crippen molar-refractivity contribution in [1.82, 2.24) is 4.57 Å². The van der Waals surface area contributed by atoms with E-state index in [0.717, 1.165) is 5.56 Å². The van der Waals surface area contributed by atoms with Crippen LogP contribution in [0.1, 0.15) is 16.1 Å². The van der Waals surface area contributed by atoms with Crippen LogP contribution in [0.15, 0.2) is 66.9 Å². The molecule has 1 aliphatic rings. The molecule has 25 heavy (non-hydrogen) atoms. The van der Waals surface area contributed by atoms with Crippen molar-refractivity contribution in [2.24, 2.45) is 0 Å². The predicted octanol–water partition coefficient (Wildman–Crippen LogP) is 3.56. The Morgan fingerprint density at radius 1 is 0.960 bits per heavy atom. The number of rotatable bonds is 4. The number of carbonyl (C=O) groups is 1. The second kappa shape index (κ2) is 6.73. The van der Waals surface area contributed by atoms with E-state index in [4.69, 9.17) is 9.47 Å². The predicted molar refractivity (Wildman–Crippen MR) is 95.4 cm³/mol. The highest BCUT2D eigenvalue weighted by molar-refractivity contribution is 6.03. The molecule has 1 N–H and O–H groups in total. The quantitative estimate of drug-likeness (QED) is 0.794. The molecule has 126 valence electrons. The molecule has 0 spiro atoms. The van der Waals surface area contributed by atoms with Gasteiger partial charge in [-0.15, -0.1) is 0 Å². The Hall–Kier alpha value is -3.21. The normalized spacial score (nSPS) is 12.6. The minimum absolute atomic E-state index is 0.155. The maximum absolute atomic E-state index is 12.7. The number of fused-ring (bicyclic) bond motifs is 1. The van der Waals surface area contributed by atoms with Gasteiger partial charge in [-0.25, -0.2) is 0 Å². The van der Waals surface area contributed by atoms with Crippen molar-refractivity contribution in [3.8, 4) is 11.5 Å². The largest absolute Gasteiger partial charge is 0.486 e. The van der Waals surface area contributed by atoms with Crippen molar-refractivity contribution < 1.29 is 14.3 Å². The number of hydrogen-bond acceptors (Lipinski definition) is 3. The molecule has 2 heterocycles. The first kappa shape index (κ1) is 15.3. The summed E-state index contributed by atoms with van der Waals surface area (Å²) in [5.74, 6) is 1.21. The topological polar surface area (TPSA) is 52.5 Å². The van der Waals surface area contributed by atoms with E-state index in [1.165, 1.54) is 0 Å². The number of nitrogens with zero attached hydrogens (tertiary/aromatic N) is 1. The third-order valence-corrected chi connectivity index (χ3v) is 4.06. The molecule has 0 saturated heterocycles. The van der Waals surface area contributed by atoms with Gasteiger partial charge in [-0.2, -0.15) is 0 Å². The molecule has 0 radical (unpaired) electrons. The molecular weight excluding hydrogens is 316 g/mol. The Morgan fingerprint density at radius 2 is 1.76 bits per heavy atom. The molecule has 0 saturated carbocycles. The van der Waals surface area contributed by atoms with E-state index in [-0.39, 0.29) is 5.91 Å². The highest BCUT2D eigenvalue weighted by Gasteiger charge is 2.15. The van der Waals surface area contributed by atoms with Crippen LogP contribution in [0.25, 0.3) is 0 Å². The lowest BCUT2D eigenvalue weighted by Gasteiger charge is -2.19. The van der Waals surface area contributed by atoms with Crippen LogP contribution in [0.4, 0.5) is 5.69 Å². The maximum atomic E-state index is 12.7. The van der Waals surface area contributed by atoms with E-state index in [1.807, 2.05) is 65.4 Å². The molecule has 0 atom stereocenters. The molecule has 5 heteroatoms. The lowest BCUT2D eigenvalue weighted by molar-refractivity contribution is 0.101. The number of anilines is 1. The number of nitrogens with one attached hydrogen (secondary N) is 1. The van der Waals surface area contributed by atoms with E-state index < -0.39 is 0 Å².